The highest BCUT2D eigenvalue weighted by molar-refractivity contribution is 6.02. The zero-order chi connectivity index (χ0) is 26.6. The Morgan fingerprint density at radius 2 is 1.92 bits per heavy atom. The van der Waals surface area contributed by atoms with Gasteiger partial charge in [-0.3, -0.25) is 9.48 Å². The number of likely N-dealkylation sites (N-methyl/N-ethyl adjacent to an activating group) is 1. The molecule has 1 fully saturated rings. The fraction of sp³-hybridized carbons (Fsp3) is 0.286. The molecule has 1 aliphatic heterocycles. The number of nitrogens with one attached hydrogen (secondary N) is 2. The molecule has 0 unspecified atom stereocenters. The van der Waals surface area contributed by atoms with Gasteiger partial charge in [0.2, 0.25) is 5.91 Å². The Morgan fingerprint density at radius 1 is 1.05 bits per heavy atom. The fourth-order valence-corrected chi connectivity index (χ4v) is 4.69. The Labute approximate surface area is 221 Å². The number of aryl methyl sites for hydroxylation is 1. The number of nitrogens with zero attached hydrogens (tertiary/aromatic N) is 6. The van der Waals surface area contributed by atoms with Gasteiger partial charge in [0.1, 0.15) is 17.9 Å². The van der Waals surface area contributed by atoms with Crippen LogP contribution in [-0.2, 0) is 11.8 Å². The van der Waals surface area contributed by atoms with E-state index in [0.29, 0.717) is 22.9 Å². The number of methoxy groups -OCH3 is 1. The third kappa shape index (κ3) is 5.30. The number of hydrogen-bond acceptors (Lipinski definition) is 8. The number of anilines is 4. The van der Waals surface area contributed by atoms with Crippen LogP contribution in [0, 0.1) is 0 Å². The number of hydrogen-bond donors (Lipinski definition) is 2. The van der Waals surface area contributed by atoms with Crippen LogP contribution in [-0.4, -0.2) is 70.9 Å². The first-order chi connectivity index (χ1) is 18.4. The molecule has 0 saturated carbocycles. The fourth-order valence-electron chi connectivity index (χ4n) is 4.69. The van der Waals surface area contributed by atoms with Crippen molar-refractivity contribution in [1.82, 2.24) is 24.6 Å². The number of benzene rings is 2. The van der Waals surface area contributed by atoms with Gasteiger partial charge >= 0.3 is 0 Å². The van der Waals surface area contributed by atoms with E-state index >= 15 is 0 Å². The van der Waals surface area contributed by atoms with E-state index in [1.807, 2.05) is 48.3 Å². The van der Waals surface area contributed by atoms with E-state index in [1.165, 1.54) is 12.4 Å². The van der Waals surface area contributed by atoms with Crippen molar-refractivity contribution in [2.75, 3.05) is 55.9 Å². The highest BCUT2D eigenvalue weighted by Gasteiger charge is 2.20. The smallest absolute Gasteiger partial charge is 0.247 e. The third-order valence-electron chi connectivity index (χ3n) is 6.80. The standard InChI is InChI=1S/C28H32N8O2/c1-5-28(37)33-22-14-23(26(38-4)16-25(22)36-10-6-9-34(2)11-12-36)32-27-15-21(29-18-30-27)19-7-8-20-17-31-35(3)24(20)13-19/h5,7-8,13-18H,1,6,9-12H2,2-4H3,(H,33,37)(H,29,30,32). The number of aromatic nitrogens is 4. The van der Waals surface area contributed by atoms with Crippen LogP contribution in [0.3, 0.4) is 0 Å². The van der Waals surface area contributed by atoms with Gasteiger partial charge in [0.05, 0.1) is 41.6 Å². The zero-order valence-electron chi connectivity index (χ0n) is 21.9. The Kier molecular flexibility index (Phi) is 7.23. The molecule has 196 valence electrons. The summed E-state index contributed by atoms with van der Waals surface area (Å²) < 4.78 is 7.61. The largest absolute Gasteiger partial charge is 0.494 e. The molecule has 1 amide bonds. The lowest BCUT2D eigenvalue weighted by Gasteiger charge is -2.27. The maximum absolute atomic E-state index is 12.3. The highest BCUT2D eigenvalue weighted by atomic mass is 16.5. The molecule has 1 saturated heterocycles. The first-order valence-electron chi connectivity index (χ1n) is 12.6. The first kappa shape index (κ1) is 25.2. The molecule has 0 radical (unpaired) electrons. The average Bonchev–Trinajstić information content (AvgIpc) is 3.16. The van der Waals surface area contributed by atoms with Crippen LogP contribution >= 0.6 is 0 Å². The maximum Gasteiger partial charge on any atom is 0.247 e. The Hall–Kier alpha value is -4.44. The summed E-state index contributed by atoms with van der Waals surface area (Å²) in [7, 11) is 5.68. The number of carbonyl (C=O) groups excluding carboxylic acids is 1. The number of amides is 1. The van der Waals surface area contributed by atoms with Crippen LogP contribution < -0.4 is 20.3 Å². The summed E-state index contributed by atoms with van der Waals surface area (Å²) in [5.41, 5.74) is 5.02. The third-order valence-corrected chi connectivity index (χ3v) is 6.80. The topological polar surface area (TPSA) is 100 Å². The van der Waals surface area contributed by atoms with Crippen LogP contribution in [0.15, 0.2) is 61.6 Å². The van der Waals surface area contributed by atoms with Gasteiger partial charge in [-0.15, -0.1) is 0 Å². The molecule has 38 heavy (non-hydrogen) atoms. The summed E-state index contributed by atoms with van der Waals surface area (Å²) >= 11 is 0. The number of fused-ring (bicyclic) bond motifs is 1. The van der Waals surface area contributed by atoms with Gasteiger partial charge in [-0.05, 0) is 38.2 Å². The molecule has 0 atom stereocenters. The molecule has 4 aromatic rings. The second-order valence-electron chi connectivity index (χ2n) is 9.36. The quantitative estimate of drug-likeness (QED) is 0.358. The van der Waals surface area contributed by atoms with Gasteiger partial charge in [-0.25, -0.2) is 9.97 Å². The predicted octanol–water partition coefficient (Wildman–Crippen LogP) is 4.05. The van der Waals surface area contributed by atoms with Crippen molar-refractivity contribution in [3.63, 3.8) is 0 Å². The summed E-state index contributed by atoms with van der Waals surface area (Å²) in [6, 6.07) is 11.8. The summed E-state index contributed by atoms with van der Waals surface area (Å²) in [6.07, 6.45) is 5.67. The van der Waals surface area contributed by atoms with E-state index in [0.717, 1.165) is 60.4 Å². The SMILES string of the molecule is C=CC(=O)Nc1cc(Nc2cc(-c3ccc4cnn(C)c4c3)ncn2)c(OC)cc1N1CCCN(C)CC1. The second kappa shape index (κ2) is 10.9. The molecule has 5 rings (SSSR count). The monoisotopic (exact) mass is 512 g/mol. The lowest BCUT2D eigenvalue weighted by atomic mass is 10.1. The Balaban J connectivity index is 1.49. The van der Waals surface area contributed by atoms with Crippen molar-refractivity contribution in [2.24, 2.45) is 7.05 Å². The Morgan fingerprint density at radius 3 is 2.74 bits per heavy atom. The average molecular weight is 513 g/mol. The van der Waals surface area contributed by atoms with E-state index in [9.17, 15) is 4.79 Å². The van der Waals surface area contributed by atoms with Crippen LogP contribution in [0.1, 0.15) is 6.42 Å². The molecule has 0 spiro atoms. The molecule has 0 bridgehead atoms. The molecule has 3 heterocycles. The summed E-state index contributed by atoms with van der Waals surface area (Å²) in [6.45, 7) is 7.31. The van der Waals surface area contributed by atoms with Crippen LogP contribution in [0.25, 0.3) is 22.2 Å². The molecule has 2 aromatic carbocycles. The van der Waals surface area contributed by atoms with Crippen molar-refractivity contribution >= 4 is 39.7 Å². The minimum absolute atomic E-state index is 0.274. The van der Waals surface area contributed by atoms with Crippen molar-refractivity contribution in [2.45, 2.75) is 6.42 Å². The van der Waals surface area contributed by atoms with Crippen molar-refractivity contribution in [3.05, 3.63) is 61.6 Å². The van der Waals surface area contributed by atoms with E-state index < -0.39 is 0 Å². The number of carbonyl (C=O) groups is 1. The summed E-state index contributed by atoms with van der Waals surface area (Å²) in [5, 5.41) is 11.7. The normalized spacial score (nSPS) is 14.2. The minimum atomic E-state index is -0.274. The van der Waals surface area contributed by atoms with Crippen LogP contribution in [0.4, 0.5) is 22.9 Å². The number of rotatable bonds is 7. The molecular weight excluding hydrogens is 480 g/mol. The first-order valence-corrected chi connectivity index (χ1v) is 12.6. The van der Waals surface area contributed by atoms with Gasteiger partial charge < -0.3 is 25.2 Å². The predicted molar refractivity (Wildman–Crippen MR) is 151 cm³/mol. The van der Waals surface area contributed by atoms with Crippen molar-refractivity contribution < 1.29 is 9.53 Å². The van der Waals surface area contributed by atoms with Gasteiger partial charge in [0.15, 0.2) is 0 Å². The lowest BCUT2D eigenvalue weighted by molar-refractivity contribution is -0.111. The van der Waals surface area contributed by atoms with E-state index in [4.69, 9.17) is 4.74 Å². The highest BCUT2D eigenvalue weighted by Crippen LogP contribution is 2.39. The zero-order valence-corrected chi connectivity index (χ0v) is 21.9. The molecular formula is C28H32N8O2. The molecule has 10 heteroatoms. The van der Waals surface area contributed by atoms with Crippen LogP contribution in [0.5, 0.6) is 5.75 Å². The molecule has 0 aliphatic carbocycles. The lowest BCUT2D eigenvalue weighted by Crippen LogP contribution is -2.29. The molecule has 10 nitrogen and oxygen atoms in total. The van der Waals surface area contributed by atoms with E-state index in [2.05, 4.69) is 55.2 Å². The van der Waals surface area contributed by atoms with Gasteiger partial charge in [0, 0.05) is 49.8 Å². The van der Waals surface area contributed by atoms with Gasteiger partial charge in [-0.1, -0.05) is 18.7 Å². The molecule has 2 N–H and O–H groups in total. The molecule has 1 aliphatic rings. The van der Waals surface area contributed by atoms with Crippen molar-refractivity contribution in [3.8, 4) is 17.0 Å². The van der Waals surface area contributed by atoms with Gasteiger partial charge in [-0.2, -0.15) is 5.10 Å². The van der Waals surface area contributed by atoms with Crippen LogP contribution in [0.2, 0.25) is 0 Å². The van der Waals surface area contributed by atoms with E-state index in [1.54, 1.807) is 7.11 Å². The van der Waals surface area contributed by atoms with Crippen molar-refractivity contribution in [1.29, 1.82) is 0 Å². The summed E-state index contributed by atoms with van der Waals surface area (Å²) in [4.78, 5) is 25.8. The Bertz CT molecular complexity index is 1480. The van der Waals surface area contributed by atoms with Gasteiger partial charge in [0.25, 0.3) is 0 Å². The number of ether oxygens (including phenoxy) is 1. The second-order valence-corrected chi connectivity index (χ2v) is 9.36. The molecule has 2 aromatic heterocycles. The minimum Gasteiger partial charge on any atom is -0.494 e. The maximum atomic E-state index is 12.3. The summed E-state index contributed by atoms with van der Waals surface area (Å²) in [5.74, 6) is 0.971. The van der Waals surface area contributed by atoms with E-state index in [-0.39, 0.29) is 5.91 Å².